The lowest BCUT2D eigenvalue weighted by molar-refractivity contribution is 0.475. The first kappa shape index (κ1) is 12.2. The van der Waals surface area contributed by atoms with Gasteiger partial charge in [0.15, 0.2) is 0 Å². The van der Waals surface area contributed by atoms with Gasteiger partial charge < -0.3 is 9.88 Å². The standard InChI is InChI=1S/C12H23N3/c1-4-5-11(2)10-13-7-6-12-14-8-9-15(12)3/h8-9,11,13H,4-7,10H2,1-3H3. The molecule has 1 rings (SSSR count). The van der Waals surface area contributed by atoms with Crippen molar-refractivity contribution in [1.29, 1.82) is 0 Å². The van der Waals surface area contributed by atoms with Crippen LogP contribution in [0.5, 0.6) is 0 Å². The lowest BCUT2D eigenvalue weighted by atomic mass is 10.1. The number of imidazole rings is 1. The van der Waals surface area contributed by atoms with E-state index < -0.39 is 0 Å². The summed E-state index contributed by atoms with van der Waals surface area (Å²) < 4.78 is 2.08. The first-order valence-electron chi connectivity index (χ1n) is 5.91. The molecule has 0 radical (unpaired) electrons. The largest absolute Gasteiger partial charge is 0.338 e. The quantitative estimate of drug-likeness (QED) is 0.696. The summed E-state index contributed by atoms with van der Waals surface area (Å²) in [7, 11) is 2.04. The predicted octanol–water partition coefficient (Wildman–Crippen LogP) is 1.99. The zero-order chi connectivity index (χ0) is 11.1. The minimum Gasteiger partial charge on any atom is -0.338 e. The van der Waals surface area contributed by atoms with Crippen LogP contribution in [0.1, 0.15) is 32.5 Å². The highest BCUT2D eigenvalue weighted by atomic mass is 15.0. The molecule has 0 fully saturated rings. The van der Waals surface area contributed by atoms with Crippen molar-refractivity contribution >= 4 is 0 Å². The third kappa shape index (κ3) is 4.47. The summed E-state index contributed by atoms with van der Waals surface area (Å²) in [5.74, 6) is 1.95. The van der Waals surface area contributed by atoms with Crippen LogP contribution in [-0.4, -0.2) is 22.6 Å². The zero-order valence-corrected chi connectivity index (χ0v) is 10.2. The van der Waals surface area contributed by atoms with Crippen LogP contribution in [-0.2, 0) is 13.5 Å². The molecule has 1 unspecified atom stereocenters. The van der Waals surface area contributed by atoms with Crippen LogP contribution in [0.15, 0.2) is 12.4 Å². The number of rotatable bonds is 7. The predicted molar refractivity (Wildman–Crippen MR) is 63.9 cm³/mol. The van der Waals surface area contributed by atoms with E-state index in [4.69, 9.17) is 0 Å². The lowest BCUT2D eigenvalue weighted by Gasteiger charge is -2.11. The van der Waals surface area contributed by atoms with E-state index in [9.17, 15) is 0 Å². The Morgan fingerprint density at radius 3 is 2.93 bits per heavy atom. The molecule has 3 nitrogen and oxygen atoms in total. The molecule has 0 spiro atoms. The Kier molecular flexibility index (Phi) is 5.40. The summed E-state index contributed by atoms with van der Waals surface area (Å²) in [5.41, 5.74) is 0. The average molecular weight is 209 g/mol. The maximum Gasteiger partial charge on any atom is 0.109 e. The molecule has 86 valence electrons. The molecule has 1 atom stereocenters. The molecule has 15 heavy (non-hydrogen) atoms. The van der Waals surface area contributed by atoms with Gasteiger partial charge in [0.25, 0.3) is 0 Å². The van der Waals surface area contributed by atoms with Crippen molar-refractivity contribution in [3.05, 3.63) is 18.2 Å². The van der Waals surface area contributed by atoms with Crippen LogP contribution >= 0.6 is 0 Å². The van der Waals surface area contributed by atoms with Crippen LogP contribution in [0.3, 0.4) is 0 Å². The molecule has 0 aromatic carbocycles. The molecule has 0 aliphatic carbocycles. The maximum absolute atomic E-state index is 4.29. The monoisotopic (exact) mass is 209 g/mol. The van der Waals surface area contributed by atoms with Crippen molar-refractivity contribution in [3.63, 3.8) is 0 Å². The van der Waals surface area contributed by atoms with Gasteiger partial charge in [0, 0.05) is 32.4 Å². The van der Waals surface area contributed by atoms with Gasteiger partial charge in [-0.3, -0.25) is 0 Å². The highest BCUT2D eigenvalue weighted by Crippen LogP contribution is 2.02. The van der Waals surface area contributed by atoms with Gasteiger partial charge in [-0.25, -0.2) is 4.98 Å². The fourth-order valence-electron chi connectivity index (χ4n) is 1.78. The fraction of sp³-hybridized carbons (Fsp3) is 0.750. The van der Waals surface area contributed by atoms with Crippen LogP contribution in [0.25, 0.3) is 0 Å². The Bertz CT molecular complexity index is 268. The van der Waals surface area contributed by atoms with E-state index in [0.717, 1.165) is 31.3 Å². The lowest BCUT2D eigenvalue weighted by Crippen LogP contribution is -2.24. The third-order valence-corrected chi connectivity index (χ3v) is 2.72. The van der Waals surface area contributed by atoms with E-state index >= 15 is 0 Å². The fourth-order valence-corrected chi connectivity index (χ4v) is 1.78. The number of nitrogens with zero attached hydrogens (tertiary/aromatic N) is 2. The van der Waals surface area contributed by atoms with Gasteiger partial charge in [-0.05, 0) is 18.9 Å². The van der Waals surface area contributed by atoms with Crippen molar-refractivity contribution in [1.82, 2.24) is 14.9 Å². The Balaban J connectivity index is 2.09. The minimum absolute atomic E-state index is 0.788. The van der Waals surface area contributed by atoms with E-state index in [0.29, 0.717) is 0 Å². The number of hydrogen-bond acceptors (Lipinski definition) is 2. The summed E-state index contributed by atoms with van der Waals surface area (Å²) in [6.07, 6.45) is 7.46. The van der Waals surface area contributed by atoms with Crippen molar-refractivity contribution in [2.45, 2.75) is 33.1 Å². The normalized spacial score (nSPS) is 13.0. The van der Waals surface area contributed by atoms with Gasteiger partial charge >= 0.3 is 0 Å². The van der Waals surface area contributed by atoms with Gasteiger partial charge in [0.2, 0.25) is 0 Å². The number of aryl methyl sites for hydroxylation is 1. The smallest absolute Gasteiger partial charge is 0.109 e. The second-order valence-electron chi connectivity index (χ2n) is 4.30. The average Bonchev–Trinajstić information content (AvgIpc) is 2.60. The number of hydrogen-bond donors (Lipinski definition) is 1. The Morgan fingerprint density at radius 1 is 1.53 bits per heavy atom. The van der Waals surface area contributed by atoms with Crippen LogP contribution < -0.4 is 5.32 Å². The molecule has 1 N–H and O–H groups in total. The van der Waals surface area contributed by atoms with E-state index in [-0.39, 0.29) is 0 Å². The van der Waals surface area contributed by atoms with Gasteiger partial charge in [-0.15, -0.1) is 0 Å². The van der Waals surface area contributed by atoms with Crippen LogP contribution in [0, 0.1) is 5.92 Å². The number of nitrogens with one attached hydrogen (secondary N) is 1. The molecule has 1 aromatic rings. The Morgan fingerprint density at radius 2 is 2.33 bits per heavy atom. The Labute approximate surface area is 92.9 Å². The molecular weight excluding hydrogens is 186 g/mol. The van der Waals surface area contributed by atoms with E-state index in [2.05, 4.69) is 28.7 Å². The van der Waals surface area contributed by atoms with Crippen molar-refractivity contribution in [3.8, 4) is 0 Å². The highest BCUT2D eigenvalue weighted by molar-refractivity contribution is 4.91. The van der Waals surface area contributed by atoms with Crippen molar-refractivity contribution in [2.24, 2.45) is 13.0 Å². The Hall–Kier alpha value is -0.830. The first-order chi connectivity index (χ1) is 7.24. The van der Waals surface area contributed by atoms with Crippen LogP contribution in [0.2, 0.25) is 0 Å². The summed E-state index contributed by atoms with van der Waals surface area (Å²) in [6.45, 7) is 6.69. The topological polar surface area (TPSA) is 29.9 Å². The highest BCUT2D eigenvalue weighted by Gasteiger charge is 2.01. The number of aromatic nitrogens is 2. The molecule has 3 heteroatoms. The van der Waals surface area contributed by atoms with Gasteiger partial charge in [0.1, 0.15) is 5.82 Å². The van der Waals surface area contributed by atoms with Crippen molar-refractivity contribution in [2.75, 3.05) is 13.1 Å². The van der Waals surface area contributed by atoms with E-state index in [1.165, 1.54) is 12.8 Å². The maximum atomic E-state index is 4.29. The van der Waals surface area contributed by atoms with Gasteiger partial charge in [0.05, 0.1) is 0 Å². The molecule has 0 aliphatic rings. The summed E-state index contributed by atoms with van der Waals surface area (Å²) in [5, 5.41) is 3.48. The second-order valence-corrected chi connectivity index (χ2v) is 4.30. The molecular formula is C12H23N3. The molecule has 1 aromatic heterocycles. The molecule has 0 saturated carbocycles. The molecule has 0 aliphatic heterocycles. The molecule has 0 bridgehead atoms. The van der Waals surface area contributed by atoms with E-state index in [1.54, 1.807) is 0 Å². The third-order valence-electron chi connectivity index (χ3n) is 2.72. The first-order valence-corrected chi connectivity index (χ1v) is 5.91. The van der Waals surface area contributed by atoms with Gasteiger partial charge in [-0.1, -0.05) is 20.3 Å². The summed E-state index contributed by atoms with van der Waals surface area (Å²) >= 11 is 0. The molecule has 0 saturated heterocycles. The van der Waals surface area contributed by atoms with Gasteiger partial charge in [-0.2, -0.15) is 0 Å². The summed E-state index contributed by atoms with van der Waals surface area (Å²) in [4.78, 5) is 4.29. The summed E-state index contributed by atoms with van der Waals surface area (Å²) in [6, 6.07) is 0. The van der Waals surface area contributed by atoms with E-state index in [1.807, 2.05) is 19.4 Å². The zero-order valence-electron chi connectivity index (χ0n) is 10.2. The molecule has 1 heterocycles. The molecule has 0 amide bonds. The van der Waals surface area contributed by atoms with Crippen molar-refractivity contribution < 1.29 is 0 Å². The second kappa shape index (κ2) is 6.62. The minimum atomic E-state index is 0.788. The SMILES string of the molecule is CCCC(C)CNCCc1nccn1C. The van der Waals surface area contributed by atoms with Crippen LogP contribution in [0.4, 0.5) is 0 Å².